The summed E-state index contributed by atoms with van der Waals surface area (Å²) >= 11 is 0. The number of anilines is 1. The highest BCUT2D eigenvalue weighted by Crippen LogP contribution is 2.29. The summed E-state index contributed by atoms with van der Waals surface area (Å²) in [5.74, 6) is 0.166. The van der Waals surface area contributed by atoms with Crippen LogP contribution in [0.5, 0.6) is 0 Å². The van der Waals surface area contributed by atoms with Gasteiger partial charge < -0.3 is 10.6 Å². The average molecular weight is 256 g/mol. The maximum absolute atomic E-state index is 12.7. The maximum Gasteiger partial charge on any atom is 0.233 e. The summed E-state index contributed by atoms with van der Waals surface area (Å²) in [6.07, 6.45) is 7.97. The molecule has 2 unspecified atom stereocenters. The zero-order valence-electron chi connectivity index (χ0n) is 11.1. The van der Waals surface area contributed by atoms with Gasteiger partial charge in [0.25, 0.3) is 0 Å². The molecule has 1 aromatic carbocycles. The van der Waals surface area contributed by atoms with Crippen LogP contribution in [0.1, 0.15) is 24.8 Å². The molecule has 1 aliphatic heterocycles. The molecule has 2 aliphatic rings. The molecular weight excluding hydrogens is 236 g/mol. The molecule has 3 nitrogen and oxygen atoms in total. The molecule has 0 spiro atoms. The van der Waals surface area contributed by atoms with Crippen LogP contribution in [0.25, 0.3) is 0 Å². The van der Waals surface area contributed by atoms with Crippen LogP contribution < -0.4 is 10.6 Å². The van der Waals surface area contributed by atoms with Gasteiger partial charge in [-0.3, -0.25) is 4.79 Å². The van der Waals surface area contributed by atoms with Crippen LogP contribution in [0.15, 0.2) is 36.4 Å². The van der Waals surface area contributed by atoms with Crippen molar-refractivity contribution in [2.75, 3.05) is 11.4 Å². The Morgan fingerprint density at radius 3 is 2.84 bits per heavy atom. The summed E-state index contributed by atoms with van der Waals surface area (Å²) in [4.78, 5) is 14.6. The molecule has 3 heteroatoms. The Kier molecular flexibility index (Phi) is 3.38. The number of rotatable bonds is 1. The number of amides is 1. The summed E-state index contributed by atoms with van der Waals surface area (Å²) in [5, 5.41) is 0. The van der Waals surface area contributed by atoms with E-state index in [0.29, 0.717) is 0 Å². The molecule has 1 aromatic rings. The third-order valence-electron chi connectivity index (χ3n) is 4.06. The third kappa shape index (κ3) is 2.43. The van der Waals surface area contributed by atoms with Crippen molar-refractivity contribution in [1.82, 2.24) is 0 Å². The fourth-order valence-corrected chi connectivity index (χ4v) is 3.03. The number of nitrogens with two attached hydrogens (primary N) is 1. The smallest absolute Gasteiger partial charge is 0.233 e. The molecule has 0 radical (unpaired) electrons. The van der Waals surface area contributed by atoms with Crippen molar-refractivity contribution in [2.24, 2.45) is 11.7 Å². The third-order valence-corrected chi connectivity index (χ3v) is 4.06. The lowest BCUT2D eigenvalue weighted by Crippen LogP contribution is -2.36. The molecule has 2 N–H and O–H groups in total. The Balaban J connectivity index is 1.88. The molecule has 0 saturated carbocycles. The Morgan fingerprint density at radius 1 is 1.21 bits per heavy atom. The zero-order valence-corrected chi connectivity index (χ0v) is 11.1. The summed E-state index contributed by atoms with van der Waals surface area (Å²) in [7, 11) is 0. The molecule has 100 valence electrons. The van der Waals surface area contributed by atoms with E-state index in [9.17, 15) is 4.79 Å². The van der Waals surface area contributed by atoms with Crippen molar-refractivity contribution < 1.29 is 4.79 Å². The van der Waals surface area contributed by atoms with Crippen molar-refractivity contribution in [2.45, 2.75) is 31.7 Å². The van der Waals surface area contributed by atoms with Gasteiger partial charge >= 0.3 is 0 Å². The first-order valence-corrected chi connectivity index (χ1v) is 7.09. The lowest BCUT2D eigenvalue weighted by atomic mass is 10.0. The van der Waals surface area contributed by atoms with Crippen LogP contribution in [0.4, 0.5) is 5.69 Å². The minimum Gasteiger partial charge on any atom is -0.324 e. The second kappa shape index (κ2) is 5.17. The topological polar surface area (TPSA) is 46.3 Å². The predicted octanol–water partition coefficient (Wildman–Crippen LogP) is 2.26. The Labute approximate surface area is 114 Å². The van der Waals surface area contributed by atoms with Crippen LogP contribution in [0.3, 0.4) is 0 Å². The SMILES string of the molecule is NC1C=CC(C(=O)N2CCCCc3ccccc32)C1. The molecule has 3 rings (SSSR count). The van der Waals surface area contributed by atoms with E-state index in [0.717, 1.165) is 37.9 Å². The predicted molar refractivity (Wildman–Crippen MR) is 77.0 cm³/mol. The first-order chi connectivity index (χ1) is 9.25. The van der Waals surface area contributed by atoms with Gasteiger partial charge in [-0.2, -0.15) is 0 Å². The van der Waals surface area contributed by atoms with Gasteiger partial charge in [-0.25, -0.2) is 0 Å². The first-order valence-electron chi connectivity index (χ1n) is 7.09. The number of aryl methyl sites for hydroxylation is 1. The van der Waals surface area contributed by atoms with E-state index in [1.54, 1.807) is 0 Å². The monoisotopic (exact) mass is 256 g/mol. The molecular formula is C16H20N2O. The molecule has 1 amide bonds. The molecule has 0 bridgehead atoms. The van der Waals surface area contributed by atoms with E-state index in [2.05, 4.69) is 18.2 Å². The number of hydrogen-bond donors (Lipinski definition) is 1. The Hall–Kier alpha value is -1.61. The number of nitrogens with zero attached hydrogens (tertiary/aromatic N) is 1. The average Bonchev–Trinajstić information content (AvgIpc) is 2.74. The second-order valence-electron chi connectivity index (χ2n) is 5.47. The standard InChI is InChI=1S/C16H20N2O/c17-14-9-8-13(11-14)16(19)18-10-4-3-6-12-5-1-2-7-15(12)18/h1-2,5,7-9,13-14H,3-4,6,10-11,17H2. The number of carbonyl (C=O) groups is 1. The van der Waals surface area contributed by atoms with Crippen molar-refractivity contribution in [1.29, 1.82) is 0 Å². The van der Waals surface area contributed by atoms with Gasteiger partial charge in [-0.15, -0.1) is 0 Å². The summed E-state index contributed by atoms with van der Waals surface area (Å²) in [6.45, 7) is 0.829. The minimum atomic E-state index is -0.0406. The van der Waals surface area contributed by atoms with E-state index in [4.69, 9.17) is 5.73 Å². The van der Waals surface area contributed by atoms with Gasteiger partial charge in [0.2, 0.25) is 5.91 Å². The zero-order chi connectivity index (χ0) is 13.2. The van der Waals surface area contributed by atoms with E-state index in [1.807, 2.05) is 23.1 Å². The molecule has 0 fully saturated rings. The van der Waals surface area contributed by atoms with E-state index in [1.165, 1.54) is 5.56 Å². The Morgan fingerprint density at radius 2 is 2.05 bits per heavy atom. The van der Waals surface area contributed by atoms with Crippen LogP contribution in [0.2, 0.25) is 0 Å². The van der Waals surface area contributed by atoms with Crippen LogP contribution in [-0.4, -0.2) is 18.5 Å². The van der Waals surface area contributed by atoms with Gasteiger partial charge in [0, 0.05) is 18.3 Å². The molecule has 1 aliphatic carbocycles. The normalized spacial score (nSPS) is 26.1. The minimum absolute atomic E-state index is 0.0381. The van der Waals surface area contributed by atoms with Crippen LogP contribution in [-0.2, 0) is 11.2 Å². The van der Waals surface area contributed by atoms with Crippen LogP contribution in [0, 0.1) is 5.92 Å². The van der Waals surface area contributed by atoms with Crippen molar-refractivity contribution >= 4 is 11.6 Å². The number of fused-ring (bicyclic) bond motifs is 1. The summed E-state index contributed by atoms with van der Waals surface area (Å²) in [6, 6.07) is 8.31. The van der Waals surface area contributed by atoms with Crippen molar-refractivity contribution in [3.8, 4) is 0 Å². The Bertz CT molecular complexity index is 509. The molecule has 19 heavy (non-hydrogen) atoms. The van der Waals surface area contributed by atoms with E-state index < -0.39 is 0 Å². The number of carbonyl (C=O) groups excluding carboxylic acids is 1. The molecule has 0 aromatic heterocycles. The van der Waals surface area contributed by atoms with Gasteiger partial charge in [-0.05, 0) is 37.3 Å². The molecule has 0 saturated heterocycles. The van der Waals surface area contributed by atoms with Gasteiger partial charge in [0.1, 0.15) is 0 Å². The fraction of sp³-hybridized carbons (Fsp3) is 0.438. The van der Waals surface area contributed by atoms with E-state index in [-0.39, 0.29) is 17.9 Å². The summed E-state index contributed by atoms with van der Waals surface area (Å²) in [5.41, 5.74) is 8.25. The lowest BCUT2D eigenvalue weighted by molar-refractivity contribution is -0.121. The highest BCUT2D eigenvalue weighted by atomic mass is 16.2. The summed E-state index contributed by atoms with van der Waals surface area (Å²) < 4.78 is 0. The second-order valence-corrected chi connectivity index (χ2v) is 5.47. The number of benzene rings is 1. The van der Waals surface area contributed by atoms with Gasteiger partial charge in [0.15, 0.2) is 0 Å². The quantitative estimate of drug-likeness (QED) is 0.783. The van der Waals surface area contributed by atoms with Crippen molar-refractivity contribution in [3.05, 3.63) is 42.0 Å². The number of hydrogen-bond acceptors (Lipinski definition) is 2. The fourth-order valence-electron chi connectivity index (χ4n) is 3.03. The highest BCUT2D eigenvalue weighted by molar-refractivity contribution is 5.97. The number of para-hydroxylation sites is 1. The lowest BCUT2D eigenvalue weighted by Gasteiger charge is -2.25. The first kappa shape index (κ1) is 12.4. The van der Waals surface area contributed by atoms with E-state index >= 15 is 0 Å². The molecule has 1 heterocycles. The largest absolute Gasteiger partial charge is 0.324 e. The highest BCUT2D eigenvalue weighted by Gasteiger charge is 2.29. The van der Waals surface area contributed by atoms with Crippen LogP contribution >= 0.6 is 0 Å². The van der Waals surface area contributed by atoms with Gasteiger partial charge in [-0.1, -0.05) is 30.4 Å². The van der Waals surface area contributed by atoms with Crippen molar-refractivity contribution in [3.63, 3.8) is 0 Å². The van der Waals surface area contributed by atoms with Gasteiger partial charge in [0.05, 0.1) is 5.92 Å². The molecule has 2 atom stereocenters. The maximum atomic E-state index is 12.7.